The van der Waals surface area contributed by atoms with Crippen LogP contribution in [-0.4, -0.2) is 16.4 Å². The predicted octanol–water partition coefficient (Wildman–Crippen LogP) is 2.38. The minimum Gasteiger partial charge on any atom is -0.325 e. The Labute approximate surface area is 108 Å². The van der Waals surface area contributed by atoms with Gasteiger partial charge in [-0.1, -0.05) is 19.3 Å². The van der Waals surface area contributed by atoms with Crippen LogP contribution in [0.5, 0.6) is 0 Å². The molecular formula is C14H21N3O. The van der Waals surface area contributed by atoms with Gasteiger partial charge in [-0.2, -0.15) is 0 Å². The summed E-state index contributed by atoms with van der Waals surface area (Å²) in [6, 6.07) is 3.69. The molecule has 1 aromatic rings. The number of nitrogens with two attached hydrogens (primary N) is 1. The number of aromatic nitrogens is 1. The van der Waals surface area contributed by atoms with Crippen LogP contribution >= 0.6 is 0 Å². The second-order valence-corrected chi connectivity index (χ2v) is 5.28. The van der Waals surface area contributed by atoms with E-state index in [2.05, 4.69) is 10.3 Å². The molecule has 0 spiro atoms. The van der Waals surface area contributed by atoms with E-state index in [4.69, 9.17) is 5.73 Å². The van der Waals surface area contributed by atoms with Gasteiger partial charge in [0, 0.05) is 18.2 Å². The molecule has 1 fully saturated rings. The molecule has 1 aliphatic carbocycles. The monoisotopic (exact) mass is 247 g/mol. The Morgan fingerprint density at radius 2 is 2.17 bits per heavy atom. The van der Waals surface area contributed by atoms with E-state index in [9.17, 15) is 4.79 Å². The van der Waals surface area contributed by atoms with Gasteiger partial charge in [-0.15, -0.1) is 0 Å². The number of hydrogen-bond acceptors (Lipinski definition) is 3. The first kappa shape index (κ1) is 13.0. The lowest BCUT2D eigenvalue weighted by atomic mass is 9.80. The number of aryl methyl sites for hydroxylation is 1. The van der Waals surface area contributed by atoms with Crippen LogP contribution in [-0.2, 0) is 4.79 Å². The minimum absolute atomic E-state index is 0.00417. The number of pyridine rings is 1. The van der Waals surface area contributed by atoms with Crippen molar-refractivity contribution >= 4 is 11.6 Å². The maximum absolute atomic E-state index is 12.0. The predicted molar refractivity (Wildman–Crippen MR) is 72.2 cm³/mol. The Kier molecular flexibility index (Phi) is 3.97. The van der Waals surface area contributed by atoms with Gasteiger partial charge in [-0.25, -0.2) is 0 Å². The zero-order valence-corrected chi connectivity index (χ0v) is 10.9. The first-order valence-corrected chi connectivity index (χ1v) is 6.59. The van der Waals surface area contributed by atoms with Gasteiger partial charge in [-0.3, -0.25) is 9.78 Å². The zero-order valence-electron chi connectivity index (χ0n) is 10.9. The fourth-order valence-electron chi connectivity index (χ4n) is 2.56. The quantitative estimate of drug-likeness (QED) is 0.861. The van der Waals surface area contributed by atoms with Gasteiger partial charge < -0.3 is 11.1 Å². The summed E-state index contributed by atoms with van der Waals surface area (Å²) in [5.74, 6) is -0.00417. The first-order chi connectivity index (χ1) is 8.59. The SMILES string of the molecule is Cc1ncccc1NC(=O)CC1(N)CCCCC1. The molecular weight excluding hydrogens is 226 g/mol. The summed E-state index contributed by atoms with van der Waals surface area (Å²) < 4.78 is 0. The van der Waals surface area contributed by atoms with E-state index in [-0.39, 0.29) is 11.4 Å². The third-order valence-electron chi connectivity index (χ3n) is 3.64. The van der Waals surface area contributed by atoms with Gasteiger partial charge in [-0.05, 0) is 31.9 Å². The normalized spacial score (nSPS) is 18.3. The smallest absolute Gasteiger partial charge is 0.226 e. The highest BCUT2D eigenvalue weighted by Crippen LogP contribution is 2.29. The van der Waals surface area contributed by atoms with Crippen LogP contribution in [0.2, 0.25) is 0 Å². The fraction of sp³-hybridized carbons (Fsp3) is 0.571. The average Bonchev–Trinajstić information content (AvgIpc) is 2.32. The Balaban J connectivity index is 1.94. The largest absolute Gasteiger partial charge is 0.325 e. The van der Waals surface area contributed by atoms with Crippen LogP contribution in [0.1, 0.15) is 44.2 Å². The van der Waals surface area contributed by atoms with Crippen LogP contribution < -0.4 is 11.1 Å². The van der Waals surface area contributed by atoms with Crippen molar-refractivity contribution in [3.05, 3.63) is 24.0 Å². The summed E-state index contributed by atoms with van der Waals surface area (Å²) in [7, 11) is 0. The van der Waals surface area contributed by atoms with E-state index < -0.39 is 0 Å². The molecule has 1 aliphatic rings. The molecule has 4 nitrogen and oxygen atoms in total. The second-order valence-electron chi connectivity index (χ2n) is 5.28. The van der Waals surface area contributed by atoms with Crippen molar-refractivity contribution in [2.75, 3.05) is 5.32 Å². The summed E-state index contributed by atoms with van der Waals surface area (Å²) in [5, 5.41) is 2.90. The highest BCUT2D eigenvalue weighted by Gasteiger charge is 2.30. The van der Waals surface area contributed by atoms with Crippen LogP contribution in [0, 0.1) is 6.92 Å². The summed E-state index contributed by atoms with van der Waals surface area (Å²) in [6.07, 6.45) is 7.53. The molecule has 1 aromatic heterocycles. The van der Waals surface area contributed by atoms with Gasteiger partial charge in [0.05, 0.1) is 11.4 Å². The van der Waals surface area contributed by atoms with Crippen molar-refractivity contribution in [2.45, 2.75) is 51.0 Å². The van der Waals surface area contributed by atoms with E-state index in [1.165, 1.54) is 6.42 Å². The van der Waals surface area contributed by atoms with Gasteiger partial charge in [0.15, 0.2) is 0 Å². The molecule has 0 bridgehead atoms. The molecule has 0 unspecified atom stereocenters. The Bertz CT molecular complexity index is 425. The lowest BCUT2D eigenvalue weighted by molar-refractivity contribution is -0.117. The maximum Gasteiger partial charge on any atom is 0.226 e. The number of amides is 1. The molecule has 98 valence electrons. The topological polar surface area (TPSA) is 68.0 Å². The summed E-state index contributed by atoms with van der Waals surface area (Å²) in [6.45, 7) is 1.88. The summed E-state index contributed by atoms with van der Waals surface area (Å²) in [5.41, 5.74) is 7.58. The third kappa shape index (κ3) is 3.29. The molecule has 0 radical (unpaired) electrons. The van der Waals surface area contributed by atoms with Crippen LogP contribution in [0.4, 0.5) is 5.69 Å². The molecule has 18 heavy (non-hydrogen) atoms. The van der Waals surface area contributed by atoms with Crippen molar-refractivity contribution in [1.82, 2.24) is 4.98 Å². The van der Waals surface area contributed by atoms with E-state index in [1.807, 2.05) is 19.1 Å². The number of carbonyl (C=O) groups is 1. The van der Waals surface area contributed by atoms with Crippen molar-refractivity contribution in [3.8, 4) is 0 Å². The standard InChI is InChI=1S/C14H21N3O/c1-11-12(6-5-9-16-11)17-13(18)10-14(15)7-3-2-4-8-14/h5-6,9H,2-4,7-8,10,15H2,1H3,(H,17,18). The number of nitrogens with zero attached hydrogens (tertiary/aromatic N) is 1. The zero-order chi connectivity index (χ0) is 13.0. The van der Waals surface area contributed by atoms with Crippen LogP contribution in [0.25, 0.3) is 0 Å². The van der Waals surface area contributed by atoms with E-state index in [0.717, 1.165) is 37.1 Å². The van der Waals surface area contributed by atoms with Gasteiger partial charge >= 0.3 is 0 Å². The first-order valence-electron chi connectivity index (χ1n) is 6.59. The average molecular weight is 247 g/mol. The highest BCUT2D eigenvalue weighted by molar-refractivity contribution is 5.91. The molecule has 1 saturated carbocycles. The molecule has 0 aliphatic heterocycles. The Morgan fingerprint density at radius 1 is 1.44 bits per heavy atom. The highest BCUT2D eigenvalue weighted by atomic mass is 16.1. The number of nitrogens with one attached hydrogen (secondary N) is 1. The van der Waals surface area contributed by atoms with E-state index in [0.29, 0.717) is 6.42 Å². The lowest BCUT2D eigenvalue weighted by Gasteiger charge is -2.32. The van der Waals surface area contributed by atoms with Crippen molar-refractivity contribution < 1.29 is 4.79 Å². The lowest BCUT2D eigenvalue weighted by Crippen LogP contribution is -2.44. The maximum atomic E-state index is 12.0. The molecule has 1 heterocycles. The third-order valence-corrected chi connectivity index (χ3v) is 3.64. The summed E-state index contributed by atoms with van der Waals surface area (Å²) >= 11 is 0. The molecule has 2 rings (SSSR count). The van der Waals surface area contributed by atoms with Crippen LogP contribution in [0.3, 0.4) is 0 Å². The molecule has 0 saturated heterocycles. The van der Waals surface area contributed by atoms with Crippen molar-refractivity contribution in [1.29, 1.82) is 0 Å². The molecule has 0 atom stereocenters. The Morgan fingerprint density at radius 3 is 2.83 bits per heavy atom. The van der Waals surface area contributed by atoms with Crippen LogP contribution in [0.15, 0.2) is 18.3 Å². The molecule has 4 heteroatoms. The Hall–Kier alpha value is -1.42. The van der Waals surface area contributed by atoms with Crippen molar-refractivity contribution in [3.63, 3.8) is 0 Å². The molecule has 1 amide bonds. The fourth-order valence-corrected chi connectivity index (χ4v) is 2.56. The number of anilines is 1. The van der Waals surface area contributed by atoms with Crippen molar-refractivity contribution in [2.24, 2.45) is 5.73 Å². The molecule has 3 N–H and O–H groups in total. The number of hydrogen-bond donors (Lipinski definition) is 2. The molecule has 0 aromatic carbocycles. The van der Waals surface area contributed by atoms with Gasteiger partial charge in [0.2, 0.25) is 5.91 Å². The van der Waals surface area contributed by atoms with Gasteiger partial charge in [0.1, 0.15) is 0 Å². The van der Waals surface area contributed by atoms with E-state index >= 15 is 0 Å². The number of carbonyl (C=O) groups excluding carboxylic acids is 1. The second kappa shape index (κ2) is 5.48. The minimum atomic E-state index is -0.307. The summed E-state index contributed by atoms with van der Waals surface area (Å²) in [4.78, 5) is 16.2. The van der Waals surface area contributed by atoms with E-state index in [1.54, 1.807) is 6.20 Å². The van der Waals surface area contributed by atoms with Gasteiger partial charge in [0.25, 0.3) is 0 Å². The number of rotatable bonds is 3.